The standard InChI is InChI=1S/C15H18N4O/c20-15(6-3-11-2-1-7-16-9-11)18-13-5-4-12-10-17-19-14(12)8-13/h1-2,7,9-10,13H,3-6,8H2,(H,17,19)(H,18,20)/t13-/m0/s1. The first-order valence-electron chi connectivity index (χ1n) is 7.00. The molecule has 0 saturated carbocycles. The number of carbonyl (C=O) groups excluding carboxylic acids is 1. The smallest absolute Gasteiger partial charge is 0.220 e. The van der Waals surface area contributed by atoms with Crippen molar-refractivity contribution in [2.45, 2.75) is 38.1 Å². The first-order chi connectivity index (χ1) is 9.81. The van der Waals surface area contributed by atoms with Crippen molar-refractivity contribution in [1.29, 1.82) is 0 Å². The molecule has 0 saturated heterocycles. The normalized spacial score (nSPS) is 17.5. The topological polar surface area (TPSA) is 70.7 Å². The largest absolute Gasteiger partial charge is 0.353 e. The van der Waals surface area contributed by atoms with E-state index in [1.165, 1.54) is 5.56 Å². The molecule has 1 aliphatic rings. The van der Waals surface area contributed by atoms with Crippen molar-refractivity contribution in [3.63, 3.8) is 0 Å². The molecule has 0 radical (unpaired) electrons. The number of aromatic amines is 1. The number of aryl methyl sites for hydroxylation is 2. The molecule has 104 valence electrons. The van der Waals surface area contributed by atoms with Gasteiger partial charge < -0.3 is 5.32 Å². The molecule has 1 amide bonds. The van der Waals surface area contributed by atoms with Gasteiger partial charge in [-0.3, -0.25) is 14.9 Å². The van der Waals surface area contributed by atoms with E-state index < -0.39 is 0 Å². The quantitative estimate of drug-likeness (QED) is 0.882. The molecule has 1 aliphatic carbocycles. The van der Waals surface area contributed by atoms with Crippen molar-refractivity contribution in [2.24, 2.45) is 0 Å². The van der Waals surface area contributed by atoms with Crippen LogP contribution in [0.3, 0.4) is 0 Å². The molecule has 0 spiro atoms. The summed E-state index contributed by atoms with van der Waals surface area (Å²) in [5.41, 5.74) is 3.54. The van der Waals surface area contributed by atoms with E-state index in [0.29, 0.717) is 6.42 Å². The van der Waals surface area contributed by atoms with E-state index in [4.69, 9.17) is 0 Å². The number of carbonyl (C=O) groups is 1. The van der Waals surface area contributed by atoms with E-state index in [1.807, 2.05) is 24.5 Å². The zero-order valence-corrected chi connectivity index (χ0v) is 11.3. The summed E-state index contributed by atoms with van der Waals surface area (Å²) in [5.74, 6) is 0.113. The Labute approximate surface area is 117 Å². The molecule has 20 heavy (non-hydrogen) atoms. The fraction of sp³-hybridized carbons (Fsp3) is 0.400. The van der Waals surface area contributed by atoms with Gasteiger partial charge in [-0.1, -0.05) is 6.07 Å². The van der Waals surface area contributed by atoms with Gasteiger partial charge in [-0.25, -0.2) is 0 Å². The second-order valence-electron chi connectivity index (χ2n) is 5.24. The Morgan fingerprint density at radius 1 is 1.45 bits per heavy atom. The lowest BCUT2D eigenvalue weighted by Gasteiger charge is -2.22. The van der Waals surface area contributed by atoms with Gasteiger partial charge in [-0.15, -0.1) is 0 Å². The maximum atomic E-state index is 12.0. The Morgan fingerprint density at radius 2 is 2.40 bits per heavy atom. The van der Waals surface area contributed by atoms with Crippen LogP contribution in [-0.4, -0.2) is 27.1 Å². The third-order valence-electron chi connectivity index (χ3n) is 3.75. The summed E-state index contributed by atoms with van der Waals surface area (Å²) in [6.07, 6.45) is 9.52. The molecule has 0 fully saturated rings. The summed E-state index contributed by atoms with van der Waals surface area (Å²) >= 11 is 0. The molecule has 5 heteroatoms. The molecule has 5 nitrogen and oxygen atoms in total. The van der Waals surface area contributed by atoms with Crippen LogP contribution in [0.25, 0.3) is 0 Å². The minimum Gasteiger partial charge on any atom is -0.353 e. The van der Waals surface area contributed by atoms with Crippen LogP contribution in [0.15, 0.2) is 30.7 Å². The zero-order valence-electron chi connectivity index (χ0n) is 11.3. The van der Waals surface area contributed by atoms with E-state index in [-0.39, 0.29) is 11.9 Å². The Balaban J connectivity index is 1.48. The molecule has 2 aromatic rings. The molecule has 0 aliphatic heterocycles. The number of nitrogens with zero attached hydrogens (tertiary/aromatic N) is 2. The van der Waals surface area contributed by atoms with Gasteiger partial charge in [0, 0.05) is 37.0 Å². The van der Waals surface area contributed by atoms with Crippen molar-refractivity contribution in [3.8, 4) is 0 Å². The molecule has 2 heterocycles. The third kappa shape index (κ3) is 3.04. The maximum absolute atomic E-state index is 12.0. The Morgan fingerprint density at radius 3 is 3.25 bits per heavy atom. The highest BCUT2D eigenvalue weighted by atomic mass is 16.1. The summed E-state index contributed by atoms with van der Waals surface area (Å²) in [7, 11) is 0. The second kappa shape index (κ2) is 5.86. The number of aromatic nitrogens is 3. The van der Waals surface area contributed by atoms with E-state index >= 15 is 0 Å². The summed E-state index contributed by atoms with van der Waals surface area (Å²) in [5, 5.41) is 10.2. The number of rotatable bonds is 4. The highest BCUT2D eigenvalue weighted by Crippen LogP contribution is 2.18. The predicted octanol–water partition coefficient (Wildman–Crippen LogP) is 1.41. The summed E-state index contributed by atoms with van der Waals surface area (Å²) in [6.45, 7) is 0. The predicted molar refractivity (Wildman–Crippen MR) is 75.1 cm³/mol. The van der Waals surface area contributed by atoms with Crippen molar-refractivity contribution in [1.82, 2.24) is 20.5 Å². The van der Waals surface area contributed by atoms with E-state index in [0.717, 1.165) is 36.9 Å². The van der Waals surface area contributed by atoms with Crippen LogP contribution in [-0.2, 0) is 24.1 Å². The zero-order chi connectivity index (χ0) is 13.8. The van der Waals surface area contributed by atoms with Gasteiger partial charge >= 0.3 is 0 Å². The van der Waals surface area contributed by atoms with E-state index in [9.17, 15) is 4.79 Å². The lowest BCUT2D eigenvalue weighted by molar-refractivity contribution is -0.121. The maximum Gasteiger partial charge on any atom is 0.220 e. The summed E-state index contributed by atoms with van der Waals surface area (Å²) in [6, 6.07) is 4.12. The summed E-state index contributed by atoms with van der Waals surface area (Å²) < 4.78 is 0. The van der Waals surface area contributed by atoms with Gasteiger partial charge in [0.15, 0.2) is 0 Å². The van der Waals surface area contributed by atoms with Crippen LogP contribution >= 0.6 is 0 Å². The molecular formula is C15H18N4O. The van der Waals surface area contributed by atoms with E-state index in [1.54, 1.807) is 6.20 Å². The van der Waals surface area contributed by atoms with Gasteiger partial charge in [0.05, 0.1) is 6.20 Å². The van der Waals surface area contributed by atoms with Crippen LogP contribution in [0.2, 0.25) is 0 Å². The fourth-order valence-electron chi connectivity index (χ4n) is 2.64. The van der Waals surface area contributed by atoms with Crippen LogP contribution in [0.4, 0.5) is 0 Å². The summed E-state index contributed by atoms with van der Waals surface area (Å²) in [4.78, 5) is 16.0. The number of hydrogen-bond acceptors (Lipinski definition) is 3. The molecule has 2 N–H and O–H groups in total. The minimum atomic E-state index is 0.113. The van der Waals surface area contributed by atoms with Crippen LogP contribution < -0.4 is 5.32 Å². The Bertz CT molecular complexity index is 579. The lowest BCUT2D eigenvalue weighted by atomic mass is 9.93. The van der Waals surface area contributed by atoms with Crippen molar-refractivity contribution < 1.29 is 4.79 Å². The van der Waals surface area contributed by atoms with Crippen molar-refractivity contribution >= 4 is 5.91 Å². The van der Waals surface area contributed by atoms with Gasteiger partial charge in [0.1, 0.15) is 0 Å². The van der Waals surface area contributed by atoms with Crippen LogP contribution in [0, 0.1) is 0 Å². The SMILES string of the molecule is O=C(CCc1cccnc1)N[C@H]1CCc2cn[nH]c2C1. The average molecular weight is 270 g/mol. The molecule has 0 unspecified atom stereocenters. The average Bonchev–Trinajstić information content (AvgIpc) is 2.94. The first-order valence-corrected chi connectivity index (χ1v) is 7.00. The number of pyridine rings is 1. The highest BCUT2D eigenvalue weighted by Gasteiger charge is 2.21. The van der Waals surface area contributed by atoms with Gasteiger partial charge in [0.2, 0.25) is 5.91 Å². The van der Waals surface area contributed by atoms with Gasteiger partial charge in [-0.2, -0.15) is 5.10 Å². The molecule has 0 bridgehead atoms. The lowest BCUT2D eigenvalue weighted by Crippen LogP contribution is -2.38. The number of fused-ring (bicyclic) bond motifs is 1. The Hall–Kier alpha value is -2.17. The highest BCUT2D eigenvalue weighted by molar-refractivity contribution is 5.76. The van der Waals surface area contributed by atoms with Crippen LogP contribution in [0.1, 0.15) is 29.7 Å². The number of nitrogens with one attached hydrogen (secondary N) is 2. The van der Waals surface area contributed by atoms with Crippen LogP contribution in [0.5, 0.6) is 0 Å². The molecule has 1 atom stereocenters. The Kier molecular flexibility index (Phi) is 3.76. The van der Waals surface area contributed by atoms with Crippen molar-refractivity contribution in [2.75, 3.05) is 0 Å². The van der Waals surface area contributed by atoms with E-state index in [2.05, 4.69) is 20.5 Å². The number of H-pyrrole nitrogens is 1. The fourth-order valence-corrected chi connectivity index (χ4v) is 2.64. The van der Waals surface area contributed by atoms with Gasteiger partial charge in [0.25, 0.3) is 0 Å². The number of amides is 1. The molecule has 0 aromatic carbocycles. The molecule has 3 rings (SSSR count). The third-order valence-corrected chi connectivity index (χ3v) is 3.75. The first kappa shape index (κ1) is 12.8. The number of hydrogen-bond donors (Lipinski definition) is 2. The second-order valence-corrected chi connectivity index (χ2v) is 5.24. The van der Waals surface area contributed by atoms with Gasteiger partial charge in [-0.05, 0) is 36.5 Å². The molecular weight excluding hydrogens is 252 g/mol. The molecule has 2 aromatic heterocycles. The monoisotopic (exact) mass is 270 g/mol. The minimum absolute atomic E-state index is 0.113. The van der Waals surface area contributed by atoms with Crippen molar-refractivity contribution in [3.05, 3.63) is 47.5 Å².